The summed E-state index contributed by atoms with van der Waals surface area (Å²) in [6.07, 6.45) is 3.61. The molecular formula is C22H24N4O2. The summed E-state index contributed by atoms with van der Waals surface area (Å²) in [5.74, 6) is 0.361. The third-order valence-electron chi connectivity index (χ3n) is 4.24. The van der Waals surface area contributed by atoms with E-state index in [2.05, 4.69) is 22.0 Å². The summed E-state index contributed by atoms with van der Waals surface area (Å²) < 4.78 is 0. The number of hydroxylamine groups is 1. The maximum absolute atomic E-state index is 11.1. The van der Waals surface area contributed by atoms with Crippen LogP contribution in [0.4, 0.5) is 0 Å². The third-order valence-corrected chi connectivity index (χ3v) is 4.24. The first-order valence-corrected chi connectivity index (χ1v) is 9.04. The van der Waals surface area contributed by atoms with Crippen molar-refractivity contribution < 1.29 is 10.0 Å². The minimum atomic E-state index is -0.554. The van der Waals surface area contributed by atoms with Crippen molar-refractivity contribution in [2.75, 3.05) is 14.1 Å². The number of aromatic nitrogens is 2. The van der Waals surface area contributed by atoms with Gasteiger partial charge in [0.2, 0.25) is 0 Å². The standard InChI is InChI=1S/C22H24N4O2/c1-26(2)15-19-22(18-6-4-3-5-7-18)24-20(23-19)14-17-10-8-16(9-11-17)12-13-21(27)25-28/h3-13,28H,14-15H2,1-2H3,(H,23,24)(H,25,27)/b13-12+. The average Bonchev–Trinajstić information content (AvgIpc) is 3.09. The van der Waals surface area contributed by atoms with Gasteiger partial charge in [-0.25, -0.2) is 10.5 Å². The number of carbonyl (C=O) groups excluding carboxylic acids is 1. The van der Waals surface area contributed by atoms with E-state index >= 15 is 0 Å². The van der Waals surface area contributed by atoms with Crippen molar-refractivity contribution in [2.45, 2.75) is 13.0 Å². The summed E-state index contributed by atoms with van der Waals surface area (Å²) in [4.78, 5) is 21.5. The van der Waals surface area contributed by atoms with E-state index in [0.29, 0.717) is 6.42 Å². The summed E-state index contributed by atoms with van der Waals surface area (Å²) in [6, 6.07) is 18.1. The van der Waals surface area contributed by atoms with E-state index < -0.39 is 5.91 Å². The van der Waals surface area contributed by atoms with Gasteiger partial charge >= 0.3 is 0 Å². The Morgan fingerprint density at radius 1 is 1.14 bits per heavy atom. The van der Waals surface area contributed by atoms with Crippen LogP contribution >= 0.6 is 0 Å². The highest BCUT2D eigenvalue weighted by atomic mass is 16.5. The van der Waals surface area contributed by atoms with Gasteiger partial charge in [0, 0.05) is 24.6 Å². The molecule has 0 unspecified atom stereocenters. The molecule has 2 aromatic carbocycles. The second kappa shape index (κ2) is 9.12. The number of amides is 1. The van der Waals surface area contributed by atoms with E-state index in [4.69, 9.17) is 10.2 Å². The molecule has 0 aliphatic heterocycles. The monoisotopic (exact) mass is 376 g/mol. The molecule has 6 heteroatoms. The van der Waals surface area contributed by atoms with Crippen molar-refractivity contribution in [2.24, 2.45) is 0 Å². The summed E-state index contributed by atoms with van der Waals surface area (Å²) in [6.45, 7) is 0.786. The van der Waals surface area contributed by atoms with Gasteiger partial charge in [-0.3, -0.25) is 10.0 Å². The van der Waals surface area contributed by atoms with Crippen LogP contribution in [0.3, 0.4) is 0 Å². The highest BCUT2D eigenvalue weighted by Gasteiger charge is 2.13. The highest BCUT2D eigenvalue weighted by Crippen LogP contribution is 2.23. The molecule has 3 aromatic rings. The molecular weight excluding hydrogens is 352 g/mol. The summed E-state index contributed by atoms with van der Waals surface area (Å²) in [5, 5.41) is 8.52. The van der Waals surface area contributed by atoms with Crippen LogP contribution in [0.1, 0.15) is 22.6 Å². The topological polar surface area (TPSA) is 81.2 Å². The zero-order valence-corrected chi connectivity index (χ0v) is 16.0. The van der Waals surface area contributed by atoms with E-state index in [0.717, 1.165) is 40.4 Å². The largest absolute Gasteiger partial charge is 0.344 e. The molecule has 0 aliphatic carbocycles. The zero-order valence-electron chi connectivity index (χ0n) is 16.0. The number of benzene rings is 2. The first-order chi connectivity index (χ1) is 13.5. The minimum absolute atomic E-state index is 0.554. The molecule has 0 radical (unpaired) electrons. The van der Waals surface area contributed by atoms with Crippen LogP contribution in [0, 0.1) is 0 Å². The fourth-order valence-corrected chi connectivity index (χ4v) is 2.96. The molecule has 1 heterocycles. The van der Waals surface area contributed by atoms with Gasteiger partial charge in [0.05, 0.1) is 11.4 Å². The molecule has 1 aromatic heterocycles. The Hall–Kier alpha value is -3.22. The Morgan fingerprint density at radius 2 is 1.86 bits per heavy atom. The number of H-pyrrole nitrogens is 1. The smallest absolute Gasteiger partial charge is 0.267 e. The fraction of sp³-hybridized carbons (Fsp3) is 0.182. The molecule has 144 valence electrons. The highest BCUT2D eigenvalue weighted by molar-refractivity contribution is 5.90. The Kier molecular flexibility index (Phi) is 6.37. The zero-order chi connectivity index (χ0) is 19.9. The molecule has 28 heavy (non-hydrogen) atoms. The second-order valence-corrected chi connectivity index (χ2v) is 6.84. The van der Waals surface area contributed by atoms with Crippen molar-refractivity contribution in [1.82, 2.24) is 20.3 Å². The molecule has 0 saturated heterocycles. The van der Waals surface area contributed by atoms with Crippen LogP contribution in [0.25, 0.3) is 17.3 Å². The predicted molar refractivity (Wildman–Crippen MR) is 110 cm³/mol. The summed E-state index contributed by atoms with van der Waals surface area (Å²) in [5.41, 5.74) is 6.76. The predicted octanol–water partition coefficient (Wildman–Crippen LogP) is 3.25. The number of hydrogen-bond donors (Lipinski definition) is 3. The third kappa shape index (κ3) is 5.16. The summed E-state index contributed by atoms with van der Waals surface area (Å²) in [7, 11) is 4.08. The van der Waals surface area contributed by atoms with Crippen molar-refractivity contribution in [3.05, 3.63) is 83.3 Å². The quantitative estimate of drug-likeness (QED) is 0.336. The first-order valence-electron chi connectivity index (χ1n) is 9.04. The van der Waals surface area contributed by atoms with Crippen LogP contribution < -0.4 is 5.48 Å². The van der Waals surface area contributed by atoms with Crippen molar-refractivity contribution in [1.29, 1.82) is 0 Å². The van der Waals surface area contributed by atoms with Gasteiger partial charge in [-0.05, 0) is 31.3 Å². The molecule has 0 saturated carbocycles. The van der Waals surface area contributed by atoms with Gasteiger partial charge in [0.15, 0.2) is 0 Å². The van der Waals surface area contributed by atoms with Gasteiger partial charge in [0.1, 0.15) is 5.82 Å². The Bertz CT molecular complexity index is 944. The van der Waals surface area contributed by atoms with E-state index in [1.54, 1.807) is 11.6 Å². The Balaban J connectivity index is 1.79. The van der Waals surface area contributed by atoms with Gasteiger partial charge in [0.25, 0.3) is 5.91 Å². The number of nitrogens with one attached hydrogen (secondary N) is 2. The molecule has 3 rings (SSSR count). The molecule has 0 fully saturated rings. The van der Waals surface area contributed by atoms with Crippen LogP contribution in [0.2, 0.25) is 0 Å². The maximum Gasteiger partial charge on any atom is 0.267 e. The lowest BCUT2D eigenvalue weighted by atomic mass is 10.1. The number of hydrogen-bond acceptors (Lipinski definition) is 4. The number of carbonyl (C=O) groups is 1. The Labute approximate surface area is 164 Å². The molecule has 3 N–H and O–H groups in total. The van der Waals surface area contributed by atoms with Gasteiger partial charge in [-0.2, -0.15) is 0 Å². The van der Waals surface area contributed by atoms with Crippen molar-refractivity contribution in [3.8, 4) is 11.3 Å². The Morgan fingerprint density at radius 3 is 2.50 bits per heavy atom. The van der Waals surface area contributed by atoms with E-state index in [1.165, 1.54) is 6.08 Å². The van der Waals surface area contributed by atoms with Crippen molar-refractivity contribution >= 4 is 12.0 Å². The normalized spacial score (nSPS) is 11.3. The molecule has 0 aliphatic rings. The van der Waals surface area contributed by atoms with Crippen molar-refractivity contribution in [3.63, 3.8) is 0 Å². The van der Waals surface area contributed by atoms with Crippen LogP contribution in [0.15, 0.2) is 60.7 Å². The first kappa shape index (κ1) is 19.5. The van der Waals surface area contributed by atoms with E-state index in [9.17, 15) is 4.79 Å². The van der Waals surface area contributed by atoms with Crippen LogP contribution in [0.5, 0.6) is 0 Å². The minimum Gasteiger partial charge on any atom is -0.344 e. The molecule has 1 amide bonds. The number of imidazole rings is 1. The van der Waals surface area contributed by atoms with E-state index in [1.807, 2.05) is 56.6 Å². The number of rotatable bonds is 7. The van der Waals surface area contributed by atoms with Crippen LogP contribution in [-0.2, 0) is 17.8 Å². The lowest BCUT2D eigenvalue weighted by Crippen LogP contribution is -2.14. The lowest BCUT2D eigenvalue weighted by Gasteiger charge is -2.09. The molecule has 0 bridgehead atoms. The molecule has 0 spiro atoms. The molecule has 6 nitrogen and oxygen atoms in total. The second-order valence-electron chi connectivity index (χ2n) is 6.84. The molecule has 0 atom stereocenters. The maximum atomic E-state index is 11.1. The van der Waals surface area contributed by atoms with E-state index in [-0.39, 0.29) is 0 Å². The van der Waals surface area contributed by atoms with Gasteiger partial charge in [-0.1, -0.05) is 54.6 Å². The number of nitrogens with zero attached hydrogens (tertiary/aromatic N) is 2. The fourth-order valence-electron chi connectivity index (χ4n) is 2.96. The van der Waals surface area contributed by atoms with Crippen LogP contribution in [-0.4, -0.2) is 40.1 Å². The number of aromatic amines is 1. The summed E-state index contributed by atoms with van der Waals surface area (Å²) >= 11 is 0. The average molecular weight is 376 g/mol. The van der Waals surface area contributed by atoms with Gasteiger partial charge < -0.3 is 9.88 Å². The van der Waals surface area contributed by atoms with Gasteiger partial charge in [-0.15, -0.1) is 0 Å². The lowest BCUT2D eigenvalue weighted by molar-refractivity contribution is -0.124. The SMILES string of the molecule is CN(C)Cc1[nH]c(Cc2ccc(/C=C/C(=O)NO)cc2)nc1-c1ccccc1.